The highest BCUT2D eigenvalue weighted by atomic mass is 16.3. The summed E-state index contributed by atoms with van der Waals surface area (Å²) in [7, 11) is 0. The molecule has 0 fully saturated rings. The van der Waals surface area contributed by atoms with Crippen molar-refractivity contribution in [3.05, 3.63) is 218 Å². The Kier molecular flexibility index (Phi) is 7.11. The molecule has 0 spiro atoms. The Balaban J connectivity index is 1.05. The first-order valence-corrected chi connectivity index (χ1v) is 21.7. The second-order valence-electron chi connectivity index (χ2n) is 16.8. The first-order valence-electron chi connectivity index (χ1n) is 21.7. The van der Waals surface area contributed by atoms with Gasteiger partial charge >= 0.3 is 0 Å². The highest BCUT2D eigenvalue weighted by molar-refractivity contribution is 6.29. The molecule has 3 heteroatoms. The Morgan fingerprint density at radius 3 is 1.48 bits per heavy atom. The summed E-state index contributed by atoms with van der Waals surface area (Å²) in [5.41, 5.74) is 13.4. The molecule has 0 aliphatic rings. The molecule has 0 bridgehead atoms. The summed E-state index contributed by atoms with van der Waals surface area (Å²) in [5, 5.41) is 14.6. The summed E-state index contributed by atoms with van der Waals surface area (Å²) >= 11 is 0. The van der Waals surface area contributed by atoms with E-state index in [4.69, 9.17) is 4.42 Å². The molecule has 0 atom stereocenters. The largest absolute Gasteiger partial charge is 0.455 e. The van der Waals surface area contributed by atoms with Gasteiger partial charge in [-0.3, -0.25) is 0 Å². The number of fused-ring (bicyclic) bond motifs is 15. The maximum atomic E-state index is 6.70. The molecule has 14 rings (SSSR count). The van der Waals surface area contributed by atoms with E-state index in [0.717, 1.165) is 44.4 Å². The van der Waals surface area contributed by atoms with E-state index in [1.807, 2.05) is 6.07 Å². The van der Waals surface area contributed by atoms with Crippen molar-refractivity contribution in [1.82, 2.24) is 9.13 Å². The lowest BCUT2D eigenvalue weighted by Crippen LogP contribution is -1.98. The van der Waals surface area contributed by atoms with Gasteiger partial charge in [0.15, 0.2) is 0 Å². The summed E-state index contributed by atoms with van der Waals surface area (Å²) in [6.07, 6.45) is 0. The minimum absolute atomic E-state index is 0.900. The topological polar surface area (TPSA) is 23.0 Å². The van der Waals surface area contributed by atoms with E-state index in [2.05, 4.69) is 221 Å². The van der Waals surface area contributed by atoms with Crippen LogP contribution in [0, 0.1) is 0 Å². The lowest BCUT2D eigenvalue weighted by molar-refractivity contribution is 0.670. The fourth-order valence-electron chi connectivity index (χ4n) is 10.7. The average Bonchev–Trinajstić information content (AvgIpc) is 4.01. The Morgan fingerprint density at radius 2 is 0.778 bits per heavy atom. The van der Waals surface area contributed by atoms with Crippen LogP contribution in [0.25, 0.3) is 131 Å². The van der Waals surface area contributed by atoms with E-state index < -0.39 is 0 Å². The summed E-state index contributed by atoms with van der Waals surface area (Å²) in [6, 6.07) is 79.8. The second-order valence-corrected chi connectivity index (χ2v) is 16.8. The Hall–Kier alpha value is -8.40. The molecule has 14 aromatic rings. The Morgan fingerprint density at radius 1 is 0.286 bits per heavy atom. The molecular weight excluding hydrogens is 765 g/mol. The standard InChI is InChI=1S/C60H36N2O/c1-2-15-40(16-3-1)61-53-26-11-8-20-45(53)50-33-37(29-31-55(50)61)38-30-32-56-51(34-38)46-21-9-12-27-54(46)62(56)57-36-39(41-24-14-25-49-47-22-10-13-28-58(47)63-60(41)49)35-52-44-19-5-4-17-42(44)43-18-6-7-23-48(43)59(52)57/h1-36H. The quantitative estimate of drug-likeness (QED) is 0.163. The van der Waals surface area contributed by atoms with Crippen LogP contribution >= 0.6 is 0 Å². The van der Waals surface area contributed by atoms with Gasteiger partial charge in [0.25, 0.3) is 0 Å². The van der Waals surface area contributed by atoms with Gasteiger partial charge in [-0.2, -0.15) is 0 Å². The molecule has 63 heavy (non-hydrogen) atoms. The maximum absolute atomic E-state index is 6.70. The Bertz CT molecular complexity index is 4200. The van der Waals surface area contributed by atoms with E-state index >= 15 is 0 Å². The zero-order valence-corrected chi connectivity index (χ0v) is 34.1. The van der Waals surface area contributed by atoms with E-state index in [-0.39, 0.29) is 0 Å². The van der Waals surface area contributed by atoms with Crippen LogP contribution in [-0.2, 0) is 0 Å². The third-order valence-electron chi connectivity index (χ3n) is 13.5. The smallest absolute Gasteiger partial charge is 0.143 e. The van der Waals surface area contributed by atoms with Crippen molar-refractivity contribution in [2.24, 2.45) is 0 Å². The third kappa shape index (κ3) is 4.90. The number of para-hydroxylation sites is 5. The molecule has 0 saturated heterocycles. The van der Waals surface area contributed by atoms with E-state index in [1.165, 1.54) is 87.1 Å². The number of hydrogen-bond acceptors (Lipinski definition) is 1. The lowest BCUT2D eigenvalue weighted by Gasteiger charge is -2.18. The first kappa shape index (κ1) is 34.3. The number of hydrogen-bond donors (Lipinski definition) is 0. The SMILES string of the molecule is c1ccc(-n2c3ccccc3c3cc(-c4ccc5c(c4)c4ccccc4n5-c4cc(-c5cccc6c5oc5ccccc56)cc5c6ccccc6c6ccccc6c45)ccc32)cc1. The molecule has 3 heterocycles. The van der Waals surface area contributed by atoms with Gasteiger partial charge in [-0.05, 0) is 110 Å². The van der Waals surface area contributed by atoms with Crippen molar-refractivity contribution in [3.63, 3.8) is 0 Å². The van der Waals surface area contributed by atoms with Crippen molar-refractivity contribution in [3.8, 4) is 33.6 Å². The molecule has 3 aromatic heterocycles. The molecule has 0 radical (unpaired) electrons. The van der Waals surface area contributed by atoms with Crippen LogP contribution in [0.3, 0.4) is 0 Å². The minimum Gasteiger partial charge on any atom is -0.455 e. The molecule has 11 aromatic carbocycles. The summed E-state index contributed by atoms with van der Waals surface area (Å²) < 4.78 is 11.6. The van der Waals surface area contributed by atoms with Gasteiger partial charge in [0.05, 0.1) is 27.8 Å². The predicted octanol–water partition coefficient (Wildman–Crippen LogP) is 16.6. The van der Waals surface area contributed by atoms with Gasteiger partial charge in [-0.1, -0.05) is 152 Å². The van der Waals surface area contributed by atoms with Gasteiger partial charge in [0.2, 0.25) is 0 Å². The number of benzene rings is 11. The molecule has 0 amide bonds. The van der Waals surface area contributed by atoms with Gasteiger partial charge in [0, 0.05) is 49.0 Å². The van der Waals surface area contributed by atoms with Crippen LogP contribution in [0.2, 0.25) is 0 Å². The highest BCUT2D eigenvalue weighted by Crippen LogP contribution is 2.46. The Labute approximate surface area is 361 Å². The predicted molar refractivity (Wildman–Crippen MR) is 266 cm³/mol. The van der Waals surface area contributed by atoms with Crippen LogP contribution in [0.15, 0.2) is 223 Å². The van der Waals surface area contributed by atoms with Gasteiger partial charge in [-0.15, -0.1) is 0 Å². The number of rotatable bonds is 4. The number of nitrogens with zero attached hydrogens (tertiary/aromatic N) is 2. The van der Waals surface area contributed by atoms with Crippen LogP contribution in [0.4, 0.5) is 0 Å². The number of aromatic nitrogens is 2. The zero-order valence-electron chi connectivity index (χ0n) is 34.1. The van der Waals surface area contributed by atoms with Crippen molar-refractivity contribution in [1.29, 1.82) is 0 Å². The first-order chi connectivity index (χ1) is 31.3. The lowest BCUT2D eigenvalue weighted by atomic mass is 9.90. The van der Waals surface area contributed by atoms with Crippen LogP contribution in [0.1, 0.15) is 0 Å². The highest BCUT2D eigenvalue weighted by Gasteiger charge is 2.22. The molecule has 0 N–H and O–H groups in total. The molecule has 3 nitrogen and oxygen atoms in total. The fourth-order valence-corrected chi connectivity index (χ4v) is 10.7. The van der Waals surface area contributed by atoms with Gasteiger partial charge in [-0.25, -0.2) is 0 Å². The van der Waals surface area contributed by atoms with Crippen LogP contribution < -0.4 is 0 Å². The van der Waals surface area contributed by atoms with E-state index in [0.29, 0.717) is 0 Å². The van der Waals surface area contributed by atoms with E-state index in [1.54, 1.807) is 0 Å². The van der Waals surface area contributed by atoms with Crippen molar-refractivity contribution in [2.75, 3.05) is 0 Å². The molecule has 0 aliphatic heterocycles. The van der Waals surface area contributed by atoms with Crippen molar-refractivity contribution in [2.45, 2.75) is 0 Å². The molecular formula is C60H36N2O. The fraction of sp³-hybridized carbons (Fsp3) is 0. The van der Waals surface area contributed by atoms with E-state index in [9.17, 15) is 0 Å². The minimum atomic E-state index is 0.900. The molecule has 0 unspecified atom stereocenters. The van der Waals surface area contributed by atoms with Gasteiger partial charge < -0.3 is 13.6 Å². The summed E-state index contributed by atoms with van der Waals surface area (Å²) in [5.74, 6) is 0. The summed E-state index contributed by atoms with van der Waals surface area (Å²) in [6.45, 7) is 0. The maximum Gasteiger partial charge on any atom is 0.143 e. The van der Waals surface area contributed by atoms with Crippen molar-refractivity contribution >= 4 is 97.9 Å². The third-order valence-corrected chi connectivity index (χ3v) is 13.5. The second kappa shape index (κ2) is 13.1. The molecule has 0 saturated carbocycles. The van der Waals surface area contributed by atoms with Crippen LogP contribution in [0.5, 0.6) is 0 Å². The zero-order chi connectivity index (χ0) is 41.2. The monoisotopic (exact) mass is 800 g/mol. The van der Waals surface area contributed by atoms with Crippen molar-refractivity contribution < 1.29 is 4.42 Å². The molecule has 0 aliphatic carbocycles. The van der Waals surface area contributed by atoms with Gasteiger partial charge in [0.1, 0.15) is 11.2 Å². The van der Waals surface area contributed by atoms with Crippen LogP contribution in [-0.4, -0.2) is 9.13 Å². The average molecular weight is 801 g/mol. The summed E-state index contributed by atoms with van der Waals surface area (Å²) in [4.78, 5) is 0. The molecule has 292 valence electrons. The normalized spacial score (nSPS) is 12.1. The number of furan rings is 1.